The van der Waals surface area contributed by atoms with E-state index < -0.39 is 5.97 Å². The number of hydrogen-bond acceptors (Lipinski definition) is 2. The molecule has 0 aromatic rings. The smallest absolute Gasteiger partial charge is 0.321 e. The predicted molar refractivity (Wildman–Crippen MR) is 35.7 cm³/mol. The Hall–Kier alpha value is -0.570. The van der Waals surface area contributed by atoms with E-state index in [9.17, 15) is 4.79 Å². The molecule has 3 nitrogen and oxygen atoms in total. The van der Waals surface area contributed by atoms with Gasteiger partial charge in [-0.05, 0) is 31.2 Å². The Kier molecular flexibility index (Phi) is 1.06. The number of hydrogen-bond donors (Lipinski definition) is 2. The Labute approximate surface area is 59.4 Å². The molecule has 1 saturated carbocycles. The molecule has 0 radical (unpaired) electrons. The van der Waals surface area contributed by atoms with E-state index in [1.165, 1.54) is 0 Å². The summed E-state index contributed by atoms with van der Waals surface area (Å²) in [6.45, 7) is 0.886. The summed E-state index contributed by atoms with van der Waals surface area (Å²) in [5, 5.41) is 11.7. The zero-order valence-electron chi connectivity index (χ0n) is 5.76. The van der Waals surface area contributed by atoms with Crippen molar-refractivity contribution < 1.29 is 9.90 Å². The molecule has 2 rings (SSSR count). The highest BCUT2D eigenvalue weighted by Gasteiger charge is 2.55. The average Bonchev–Trinajstić information content (AvgIpc) is 2.42. The maximum atomic E-state index is 10.6. The summed E-state index contributed by atoms with van der Waals surface area (Å²) in [5.41, 5.74) is 0.172. The van der Waals surface area contributed by atoms with Crippen LogP contribution in [0.15, 0.2) is 0 Å². The molecular weight excluding hydrogens is 130 g/mol. The first-order chi connectivity index (χ1) is 4.75. The summed E-state index contributed by atoms with van der Waals surface area (Å²) in [5.74, 6) is -0.671. The van der Waals surface area contributed by atoms with Crippen LogP contribution >= 0.6 is 0 Å². The molecule has 10 heavy (non-hydrogen) atoms. The van der Waals surface area contributed by atoms with Crippen LogP contribution in [0.25, 0.3) is 0 Å². The molecule has 0 unspecified atom stereocenters. The van der Waals surface area contributed by atoms with Crippen LogP contribution in [0.5, 0.6) is 0 Å². The zero-order chi connectivity index (χ0) is 7.19. The van der Waals surface area contributed by atoms with E-state index in [4.69, 9.17) is 5.11 Å². The Balaban J connectivity index is 2.14. The van der Waals surface area contributed by atoms with Crippen LogP contribution in [0, 0.1) is 5.41 Å². The fourth-order valence-electron chi connectivity index (χ4n) is 1.87. The number of carboxylic acid groups (broad SMARTS) is 1. The van der Waals surface area contributed by atoms with Crippen molar-refractivity contribution in [2.24, 2.45) is 5.41 Å². The van der Waals surface area contributed by atoms with Crippen LogP contribution in [0.3, 0.4) is 0 Å². The first-order valence-electron chi connectivity index (χ1n) is 3.71. The molecule has 1 heterocycles. The van der Waals surface area contributed by atoms with Crippen molar-refractivity contribution in [1.82, 2.24) is 5.32 Å². The number of rotatable bonds is 1. The number of carbonyl (C=O) groups is 1. The maximum Gasteiger partial charge on any atom is 0.321 e. The molecule has 0 bridgehead atoms. The van der Waals surface area contributed by atoms with E-state index in [-0.39, 0.29) is 11.5 Å². The molecule has 56 valence electrons. The monoisotopic (exact) mass is 141 g/mol. The van der Waals surface area contributed by atoms with Crippen molar-refractivity contribution in [2.75, 3.05) is 6.54 Å². The highest BCUT2D eigenvalue weighted by Crippen LogP contribution is 2.54. The van der Waals surface area contributed by atoms with Crippen molar-refractivity contribution in [3.8, 4) is 0 Å². The fourth-order valence-corrected chi connectivity index (χ4v) is 1.87. The highest BCUT2D eigenvalue weighted by molar-refractivity contribution is 5.75. The maximum absolute atomic E-state index is 10.6. The summed E-state index contributed by atoms with van der Waals surface area (Å²) >= 11 is 0. The molecule has 0 aromatic heterocycles. The van der Waals surface area contributed by atoms with Crippen molar-refractivity contribution in [3.63, 3.8) is 0 Å². The van der Waals surface area contributed by atoms with E-state index in [1.807, 2.05) is 0 Å². The van der Waals surface area contributed by atoms with Crippen LogP contribution in [-0.2, 0) is 4.79 Å². The zero-order valence-corrected chi connectivity index (χ0v) is 5.76. The quantitative estimate of drug-likeness (QED) is 0.549. The van der Waals surface area contributed by atoms with E-state index in [0.717, 1.165) is 25.8 Å². The molecular formula is C7H11NO2. The van der Waals surface area contributed by atoms with Crippen molar-refractivity contribution in [3.05, 3.63) is 0 Å². The lowest BCUT2D eigenvalue weighted by Crippen LogP contribution is -2.36. The second-order valence-corrected chi connectivity index (χ2v) is 3.34. The summed E-state index contributed by atoms with van der Waals surface area (Å²) in [6.07, 6.45) is 3.28. The molecule has 2 aliphatic rings. The van der Waals surface area contributed by atoms with Crippen LogP contribution in [0.1, 0.15) is 19.3 Å². The van der Waals surface area contributed by atoms with Gasteiger partial charge in [-0.3, -0.25) is 4.79 Å². The molecule has 2 fully saturated rings. The molecule has 1 atom stereocenters. The van der Waals surface area contributed by atoms with Crippen molar-refractivity contribution >= 4 is 5.97 Å². The minimum atomic E-state index is -0.671. The first kappa shape index (κ1) is 6.16. The van der Waals surface area contributed by atoms with Gasteiger partial charge in [-0.15, -0.1) is 0 Å². The van der Waals surface area contributed by atoms with Crippen LogP contribution < -0.4 is 5.32 Å². The third-order valence-electron chi connectivity index (χ3n) is 2.72. The number of aliphatic carboxylic acids is 1. The Bertz CT molecular complexity index is 174. The van der Waals surface area contributed by atoms with Gasteiger partial charge in [-0.25, -0.2) is 0 Å². The van der Waals surface area contributed by atoms with Crippen molar-refractivity contribution in [2.45, 2.75) is 25.3 Å². The molecule has 0 amide bonds. The molecule has 1 aliphatic carbocycles. The van der Waals surface area contributed by atoms with Gasteiger partial charge in [0.25, 0.3) is 0 Å². The summed E-state index contributed by atoms with van der Waals surface area (Å²) in [7, 11) is 0. The molecule has 2 N–H and O–H groups in total. The standard InChI is InChI=1S/C7H11NO2/c9-6(10)5-7(1-2-7)3-4-8-5/h5,8H,1-4H2,(H,9,10)/t5-/m0/s1. The summed E-state index contributed by atoms with van der Waals surface area (Å²) in [6, 6.07) is -0.243. The van der Waals surface area contributed by atoms with E-state index in [2.05, 4.69) is 5.32 Å². The fraction of sp³-hybridized carbons (Fsp3) is 0.857. The predicted octanol–water partition coefficient (Wildman–Crippen LogP) is 0.213. The normalized spacial score (nSPS) is 34.6. The summed E-state index contributed by atoms with van der Waals surface area (Å²) in [4.78, 5) is 10.6. The third-order valence-corrected chi connectivity index (χ3v) is 2.72. The molecule has 1 saturated heterocycles. The SMILES string of the molecule is O=C(O)[C@@H]1NCCC12CC2. The molecule has 3 heteroatoms. The number of nitrogens with one attached hydrogen (secondary N) is 1. The van der Waals surface area contributed by atoms with Gasteiger partial charge in [0.1, 0.15) is 6.04 Å². The second kappa shape index (κ2) is 1.72. The lowest BCUT2D eigenvalue weighted by Gasteiger charge is -2.11. The van der Waals surface area contributed by atoms with Gasteiger partial charge < -0.3 is 10.4 Å². The third kappa shape index (κ3) is 0.669. The van der Waals surface area contributed by atoms with Gasteiger partial charge in [0.15, 0.2) is 0 Å². The molecule has 1 spiro atoms. The lowest BCUT2D eigenvalue weighted by molar-refractivity contribution is -0.140. The van der Waals surface area contributed by atoms with E-state index in [0.29, 0.717) is 0 Å². The minimum absolute atomic E-state index is 0.172. The van der Waals surface area contributed by atoms with Gasteiger partial charge in [-0.2, -0.15) is 0 Å². The van der Waals surface area contributed by atoms with Gasteiger partial charge in [0, 0.05) is 0 Å². The molecule has 0 aromatic carbocycles. The highest BCUT2D eigenvalue weighted by atomic mass is 16.4. The molecule has 1 aliphatic heterocycles. The van der Waals surface area contributed by atoms with Gasteiger partial charge in [0.05, 0.1) is 0 Å². The van der Waals surface area contributed by atoms with E-state index in [1.54, 1.807) is 0 Å². The Morgan fingerprint density at radius 1 is 1.50 bits per heavy atom. The second-order valence-electron chi connectivity index (χ2n) is 3.34. The largest absolute Gasteiger partial charge is 0.480 e. The topological polar surface area (TPSA) is 49.3 Å². The van der Waals surface area contributed by atoms with Gasteiger partial charge >= 0.3 is 5.97 Å². The van der Waals surface area contributed by atoms with Crippen LogP contribution in [0.4, 0.5) is 0 Å². The first-order valence-corrected chi connectivity index (χ1v) is 3.71. The van der Waals surface area contributed by atoms with Gasteiger partial charge in [-0.1, -0.05) is 0 Å². The minimum Gasteiger partial charge on any atom is -0.480 e. The van der Waals surface area contributed by atoms with Crippen molar-refractivity contribution in [1.29, 1.82) is 0 Å². The lowest BCUT2D eigenvalue weighted by atomic mass is 9.98. The Morgan fingerprint density at radius 2 is 2.20 bits per heavy atom. The van der Waals surface area contributed by atoms with Crippen LogP contribution in [-0.4, -0.2) is 23.7 Å². The van der Waals surface area contributed by atoms with Crippen LogP contribution in [0.2, 0.25) is 0 Å². The Morgan fingerprint density at radius 3 is 2.60 bits per heavy atom. The van der Waals surface area contributed by atoms with Gasteiger partial charge in [0.2, 0.25) is 0 Å². The average molecular weight is 141 g/mol. The summed E-state index contributed by atoms with van der Waals surface area (Å²) < 4.78 is 0. The van der Waals surface area contributed by atoms with E-state index >= 15 is 0 Å². The number of carboxylic acids is 1.